The molecule has 3 aliphatic rings. The Morgan fingerprint density at radius 1 is 1.00 bits per heavy atom. The molecule has 4 heteroatoms. The summed E-state index contributed by atoms with van der Waals surface area (Å²) in [6.07, 6.45) is -1.07. The Morgan fingerprint density at radius 2 is 1.33 bits per heavy atom. The lowest BCUT2D eigenvalue weighted by atomic mass is 9.82. The SMILES string of the molecule is CC12OC1C(=O)C1(C)OC1C2=O. The molecule has 0 bridgehead atoms. The van der Waals surface area contributed by atoms with E-state index in [0.29, 0.717) is 0 Å². The van der Waals surface area contributed by atoms with Gasteiger partial charge in [0, 0.05) is 0 Å². The first-order valence-corrected chi connectivity index (χ1v) is 3.94. The highest BCUT2D eigenvalue weighted by Gasteiger charge is 2.81. The molecule has 0 aromatic heterocycles. The Kier molecular flexibility index (Phi) is 0.775. The second kappa shape index (κ2) is 1.38. The minimum absolute atomic E-state index is 0.0744. The molecule has 4 unspecified atom stereocenters. The summed E-state index contributed by atoms with van der Waals surface area (Å²) in [7, 11) is 0. The van der Waals surface area contributed by atoms with Crippen LogP contribution >= 0.6 is 0 Å². The number of ether oxygens (including phenoxy) is 2. The van der Waals surface area contributed by atoms with E-state index in [-0.39, 0.29) is 11.6 Å². The van der Waals surface area contributed by atoms with Crippen molar-refractivity contribution in [2.24, 2.45) is 0 Å². The van der Waals surface area contributed by atoms with Crippen molar-refractivity contribution in [3.63, 3.8) is 0 Å². The summed E-state index contributed by atoms with van der Waals surface area (Å²) < 4.78 is 10.2. The van der Waals surface area contributed by atoms with E-state index in [4.69, 9.17) is 9.47 Å². The molecule has 4 nitrogen and oxygen atoms in total. The quantitative estimate of drug-likeness (QED) is 0.455. The molecule has 3 rings (SSSR count). The van der Waals surface area contributed by atoms with Gasteiger partial charge in [-0.2, -0.15) is 0 Å². The Bertz CT molecular complexity index is 291. The molecular formula is C8H8O4. The van der Waals surface area contributed by atoms with Gasteiger partial charge in [-0.05, 0) is 13.8 Å². The number of hydrogen-bond donors (Lipinski definition) is 0. The van der Waals surface area contributed by atoms with Crippen molar-refractivity contribution in [1.29, 1.82) is 0 Å². The van der Waals surface area contributed by atoms with Gasteiger partial charge in [-0.1, -0.05) is 0 Å². The highest BCUT2D eigenvalue weighted by atomic mass is 16.7. The molecule has 1 aliphatic carbocycles. The average Bonchev–Trinajstić information content (AvgIpc) is 2.85. The molecule has 4 atom stereocenters. The average molecular weight is 168 g/mol. The van der Waals surface area contributed by atoms with E-state index in [1.165, 1.54) is 0 Å². The van der Waals surface area contributed by atoms with Crippen LogP contribution in [-0.4, -0.2) is 35.0 Å². The van der Waals surface area contributed by atoms with Crippen LogP contribution < -0.4 is 0 Å². The molecule has 0 N–H and O–H groups in total. The lowest BCUT2D eigenvalue weighted by Crippen LogP contribution is -2.44. The third-order valence-electron chi connectivity index (χ3n) is 3.07. The number of epoxide rings is 2. The van der Waals surface area contributed by atoms with Crippen LogP contribution in [0.3, 0.4) is 0 Å². The van der Waals surface area contributed by atoms with Gasteiger partial charge >= 0.3 is 0 Å². The third-order valence-corrected chi connectivity index (χ3v) is 3.07. The first-order valence-electron chi connectivity index (χ1n) is 3.94. The number of Topliss-reactive ketones (excluding diaryl/α,β-unsaturated/α-hetero) is 2. The van der Waals surface area contributed by atoms with E-state index in [0.717, 1.165) is 0 Å². The monoisotopic (exact) mass is 168 g/mol. The molecule has 0 amide bonds. The van der Waals surface area contributed by atoms with Crippen molar-refractivity contribution < 1.29 is 19.1 Å². The zero-order chi connectivity index (χ0) is 8.72. The molecule has 0 radical (unpaired) electrons. The van der Waals surface area contributed by atoms with Crippen molar-refractivity contribution >= 4 is 11.6 Å². The molecule has 1 saturated carbocycles. The zero-order valence-electron chi connectivity index (χ0n) is 6.79. The smallest absolute Gasteiger partial charge is 0.199 e. The van der Waals surface area contributed by atoms with Crippen LogP contribution in [0, 0.1) is 0 Å². The van der Waals surface area contributed by atoms with E-state index in [2.05, 4.69) is 0 Å². The number of rotatable bonds is 0. The molecule has 2 aliphatic heterocycles. The fraction of sp³-hybridized carbons (Fsp3) is 0.750. The van der Waals surface area contributed by atoms with Crippen LogP contribution in [0.5, 0.6) is 0 Å². The fourth-order valence-corrected chi connectivity index (χ4v) is 1.92. The maximum atomic E-state index is 11.5. The van der Waals surface area contributed by atoms with Crippen LogP contribution in [0.2, 0.25) is 0 Å². The number of ketones is 2. The van der Waals surface area contributed by atoms with Gasteiger partial charge in [0.1, 0.15) is 0 Å². The van der Waals surface area contributed by atoms with Gasteiger partial charge in [0.2, 0.25) is 0 Å². The normalized spacial score (nSPS) is 60.8. The highest BCUT2D eigenvalue weighted by Crippen LogP contribution is 2.55. The lowest BCUT2D eigenvalue weighted by Gasteiger charge is -2.10. The lowest BCUT2D eigenvalue weighted by molar-refractivity contribution is -0.128. The second-order valence-electron chi connectivity index (χ2n) is 3.94. The zero-order valence-corrected chi connectivity index (χ0v) is 6.79. The molecule has 0 spiro atoms. The summed E-state index contributed by atoms with van der Waals surface area (Å²) in [5.41, 5.74) is -1.70. The van der Waals surface area contributed by atoms with E-state index in [9.17, 15) is 9.59 Å². The fourth-order valence-electron chi connectivity index (χ4n) is 1.92. The van der Waals surface area contributed by atoms with E-state index in [1.807, 2.05) is 0 Å². The summed E-state index contributed by atoms with van der Waals surface area (Å²) in [5, 5.41) is 0. The predicted octanol–water partition coefficient (Wildman–Crippen LogP) is -0.547. The van der Waals surface area contributed by atoms with Crippen LogP contribution in [0.1, 0.15) is 13.8 Å². The molecule has 3 fully saturated rings. The van der Waals surface area contributed by atoms with Crippen molar-refractivity contribution in [3.05, 3.63) is 0 Å². The standard InChI is InChI=1S/C8H8O4/c1-7-3(9)6-8(2,12-6)4(10)5(7)11-7/h5-6H,1-2H3. The number of carbonyl (C=O) groups excluding carboxylic acids is 2. The molecule has 0 aromatic carbocycles. The van der Waals surface area contributed by atoms with Crippen molar-refractivity contribution in [3.8, 4) is 0 Å². The van der Waals surface area contributed by atoms with Gasteiger partial charge in [-0.3, -0.25) is 9.59 Å². The Hall–Kier alpha value is -0.740. The van der Waals surface area contributed by atoms with Gasteiger partial charge in [-0.15, -0.1) is 0 Å². The highest BCUT2D eigenvalue weighted by molar-refractivity contribution is 6.16. The predicted molar refractivity (Wildman–Crippen MR) is 36.6 cm³/mol. The first kappa shape index (κ1) is 6.74. The number of carbonyl (C=O) groups is 2. The van der Waals surface area contributed by atoms with Crippen LogP contribution in [0.4, 0.5) is 0 Å². The van der Waals surface area contributed by atoms with E-state index >= 15 is 0 Å². The molecule has 0 aromatic rings. The molecule has 64 valence electrons. The minimum Gasteiger partial charge on any atom is -0.349 e. The Labute approximate surface area is 68.8 Å². The van der Waals surface area contributed by atoms with Crippen molar-refractivity contribution in [2.75, 3.05) is 0 Å². The van der Waals surface area contributed by atoms with E-state index in [1.54, 1.807) is 13.8 Å². The summed E-state index contributed by atoms with van der Waals surface area (Å²) >= 11 is 0. The van der Waals surface area contributed by atoms with Crippen LogP contribution in [-0.2, 0) is 19.1 Å². The van der Waals surface area contributed by atoms with Crippen LogP contribution in [0.15, 0.2) is 0 Å². The molecular weight excluding hydrogens is 160 g/mol. The summed E-state index contributed by atoms with van der Waals surface area (Å²) in [5.74, 6) is -0.149. The van der Waals surface area contributed by atoms with Crippen molar-refractivity contribution in [1.82, 2.24) is 0 Å². The van der Waals surface area contributed by atoms with Gasteiger partial charge in [0.05, 0.1) is 0 Å². The van der Waals surface area contributed by atoms with Gasteiger partial charge in [0.25, 0.3) is 0 Å². The third kappa shape index (κ3) is 0.455. The summed E-state index contributed by atoms with van der Waals surface area (Å²) in [6, 6.07) is 0. The summed E-state index contributed by atoms with van der Waals surface area (Å²) in [6.45, 7) is 3.30. The number of fused-ring (bicyclic) bond motifs is 2. The molecule has 2 heterocycles. The van der Waals surface area contributed by atoms with Crippen LogP contribution in [0.25, 0.3) is 0 Å². The topological polar surface area (TPSA) is 59.2 Å². The van der Waals surface area contributed by atoms with Gasteiger partial charge < -0.3 is 9.47 Å². The molecule has 12 heavy (non-hydrogen) atoms. The second-order valence-corrected chi connectivity index (χ2v) is 3.94. The Morgan fingerprint density at radius 3 is 1.67 bits per heavy atom. The van der Waals surface area contributed by atoms with Crippen molar-refractivity contribution in [2.45, 2.75) is 37.3 Å². The molecule has 2 saturated heterocycles. The van der Waals surface area contributed by atoms with Gasteiger partial charge in [-0.25, -0.2) is 0 Å². The first-order chi connectivity index (χ1) is 5.50. The maximum absolute atomic E-state index is 11.5. The largest absolute Gasteiger partial charge is 0.349 e. The maximum Gasteiger partial charge on any atom is 0.199 e. The van der Waals surface area contributed by atoms with Gasteiger partial charge in [0.15, 0.2) is 35.0 Å². The Balaban J connectivity index is 2.08. The number of hydrogen-bond acceptors (Lipinski definition) is 4. The minimum atomic E-state index is -0.849. The summed E-state index contributed by atoms with van der Waals surface area (Å²) in [4.78, 5) is 23.0. The van der Waals surface area contributed by atoms with E-state index < -0.39 is 23.4 Å².